The van der Waals surface area contributed by atoms with Crippen molar-refractivity contribution in [3.05, 3.63) is 30.2 Å². The Morgan fingerprint density at radius 2 is 1.80 bits per heavy atom. The predicted molar refractivity (Wildman–Crippen MR) is 152 cm³/mol. The van der Waals surface area contributed by atoms with Crippen LogP contribution in [0.4, 0.5) is 13.2 Å². The minimum absolute atomic E-state index is 0.0252. The van der Waals surface area contributed by atoms with Gasteiger partial charge in [-0.15, -0.1) is 0 Å². The molecule has 2 aromatic heterocycles. The molecule has 1 saturated carbocycles. The van der Waals surface area contributed by atoms with Crippen LogP contribution in [0.25, 0.3) is 10.9 Å². The highest BCUT2D eigenvalue weighted by molar-refractivity contribution is 5.97. The zero-order valence-corrected chi connectivity index (χ0v) is 23.9. The molecule has 0 radical (unpaired) electrons. The van der Waals surface area contributed by atoms with E-state index in [9.17, 15) is 22.8 Å². The zero-order valence-electron chi connectivity index (χ0n) is 23.9. The summed E-state index contributed by atoms with van der Waals surface area (Å²) in [4.78, 5) is 34.7. The largest absolute Gasteiger partial charge is 0.392 e. The Balaban J connectivity index is 1.04. The van der Waals surface area contributed by atoms with Gasteiger partial charge in [0.2, 0.25) is 5.91 Å². The molecule has 1 aliphatic carbocycles. The van der Waals surface area contributed by atoms with Crippen LogP contribution in [0, 0.1) is 17.8 Å². The van der Waals surface area contributed by atoms with E-state index in [1.54, 1.807) is 23.4 Å². The Morgan fingerprint density at radius 3 is 2.51 bits per heavy atom. The topological polar surface area (TPSA) is 90.1 Å². The lowest BCUT2D eigenvalue weighted by Crippen LogP contribution is -2.61. The summed E-state index contributed by atoms with van der Waals surface area (Å²) in [6.45, 7) is 1.77. The van der Waals surface area contributed by atoms with E-state index >= 15 is 0 Å². The van der Waals surface area contributed by atoms with E-state index in [4.69, 9.17) is 0 Å². The van der Waals surface area contributed by atoms with Crippen molar-refractivity contribution < 1.29 is 22.8 Å². The second-order valence-corrected chi connectivity index (χ2v) is 12.6. The van der Waals surface area contributed by atoms with Gasteiger partial charge < -0.3 is 20.5 Å². The van der Waals surface area contributed by atoms with Gasteiger partial charge in [0.05, 0.1) is 11.8 Å². The highest BCUT2D eigenvalue weighted by Crippen LogP contribution is 2.45. The number of carbonyl (C=O) groups excluding carboxylic acids is 2. The number of hydrogen-bond acceptors (Lipinski definition) is 4. The molecule has 41 heavy (non-hydrogen) atoms. The number of carbonyl (C=O) groups is 2. The van der Waals surface area contributed by atoms with E-state index in [-0.39, 0.29) is 24.8 Å². The van der Waals surface area contributed by atoms with Gasteiger partial charge in [-0.3, -0.25) is 14.6 Å². The van der Waals surface area contributed by atoms with Gasteiger partial charge >= 0.3 is 6.18 Å². The third kappa shape index (κ3) is 7.43. The summed E-state index contributed by atoms with van der Waals surface area (Å²) in [5.74, 6) is -2.60. The summed E-state index contributed by atoms with van der Waals surface area (Å²) < 4.78 is 42.8. The van der Waals surface area contributed by atoms with Crippen molar-refractivity contribution in [2.24, 2.45) is 17.8 Å². The Morgan fingerprint density at radius 1 is 1.07 bits per heavy atom. The highest BCUT2D eigenvalue weighted by Gasteiger charge is 2.54. The van der Waals surface area contributed by atoms with E-state index in [2.05, 4.69) is 20.6 Å². The molecule has 7 nitrogen and oxygen atoms in total. The van der Waals surface area contributed by atoms with Crippen LogP contribution >= 0.6 is 0 Å². The molecule has 3 aliphatic rings. The van der Waals surface area contributed by atoms with E-state index in [1.165, 1.54) is 0 Å². The number of H-pyrrole nitrogens is 1. The molecule has 2 amide bonds. The second-order valence-electron chi connectivity index (χ2n) is 12.6. The molecule has 5 rings (SSSR count). The van der Waals surface area contributed by atoms with Gasteiger partial charge in [0.15, 0.2) is 0 Å². The second kappa shape index (κ2) is 13.1. The van der Waals surface area contributed by atoms with Crippen molar-refractivity contribution in [1.29, 1.82) is 0 Å². The molecule has 226 valence electrons. The Labute approximate surface area is 240 Å². The molecule has 1 spiro atoms. The summed E-state index contributed by atoms with van der Waals surface area (Å²) in [6, 6.07) is 3.63. The third-order valence-electron chi connectivity index (χ3n) is 9.76. The van der Waals surface area contributed by atoms with Crippen molar-refractivity contribution in [3.63, 3.8) is 0 Å². The van der Waals surface area contributed by atoms with Crippen LogP contribution in [0.1, 0.15) is 94.0 Å². The van der Waals surface area contributed by atoms with Crippen molar-refractivity contribution in [3.8, 4) is 0 Å². The number of aromatic nitrogens is 2. The average molecular weight is 576 g/mol. The van der Waals surface area contributed by atoms with Gasteiger partial charge in [-0.25, -0.2) is 0 Å². The first kappa shape index (κ1) is 29.9. The van der Waals surface area contributed by atoms with Gasteiger partial charge in [-0.2, -0.15) is 13.2 Å². The predicted octanol–water partition coefficient (Wildman–Crippen LogP) is 5.97. The normalized spacial score (nSPS) is 24.2. The van der Waals surface area contributed by atoms with Crippen molar-refractivity contribution >= 4 is 22.7 Å². The van der Waals surface area contributed by atoms with Crippen LogP contribution < -0.4 is 10.6 Å². The minimum atomic E-state index is -4.36. The van der Waals surface area contributed by atoms with Crippen LogP contribution in [0.2, 0.25) is 0 Å². The van der Waals surface area contributed by atoms with E-state index < -0.39 is 23.6 Å². The summed E-state index contributed by atoms with van der Waals surface area (Å²) in [7, 11) is 0. The maximum absolute atomic E-state index is 14.3. The molecule has 2 unspecified atom stereocenters. The van der Waals surface area contributed by atoms with Crippen LogP contribution in [0.15, 0.2) is 24.5 Å². The van der Waals surface area contributed by atoms with Gasteiger partial charge in [0, 0.05) is 55.0 Å². The van der Waals surface area contributed by atoms with Crippen LogP contribution in [-0.4, -0.2) is 64.6 Å². The molecule has 0 aromatic carbocycles. The molecule has 0 bridgehead atoms. The van der Waals surface area contributed by atoms with Gasteiger partial charge in [0.25, 0.3) is 5.91 Å². The lowest BCUT2D eigenvalue weighted by atomic mass is 9.70. The van der Waals surface area contributed by atoms with E-state index in [1.807, 2.05) is 6.07 Å². The Kier molecular flexibility index (Phi) is 9.56. The third-order valence-corrected chi connectivity index (χ3v) is 9.76. The van der Waals surface area contributed by atoms with Crippen molar-refractivity contribution in [2.45, 2.75) is 95.2 Å². The quantitative estimate of drug-likeness (QED) is 0.355. The monoisotopic (exact) mass is 575 g/mol. The first-order valence-electron chi connectivity index (χ1n) is 15.6. The number of nitrogens with zero attached hydrogens (tertiary/aromatic N) is 2. The lowest BCUT2D eigenvalue weighted by molar-refractivity contribution is -0.207. The standard InChI is InChI=1S/C31H44F3N5O2/c32-31(33,34)25-19-30(12-5-2-1-3-6-13-30)37-21-24(25)29(41)39-16-10-22(11-17-39)8-4-7-14-36-28(40)27-18-23-20-35-15-9-26(23)38-27/h9,15,18,20,22,24-25,37-38H,1-8,10-14,16-17,19,21H2,(H,36,40). The molecule has 2 aliphatic heterocycles. The highest BCUT2D eigenvalue weighted by atomic mass is 19.4. The SMILES string of the molecule is O=C(NCCCCC1CCN(C(=O)C2CNC3(CCCCCCC3)CC2C(F)(F)F)CC1)c1cc2cnccc2[nH]1. The van der Waals surface area contributed by atoms with Crippen LogP contribution in [0.3, 0.4) is 0 Å². The fraction of sp³-hybridized carbons (Fsp3) is 0.710. The fourth-order valence-corrected chi connectivity index (χ4v) is 7.30. The number of nitrogens with one attached hydrogen (secondary N) is 3. The number of unbranched alkanes of at least 4 members (excludes halogenated alkanes) is 1. The van der Waals surface area contributed by atoms with E-state index in [0.717, 1.165) is 88.0 Å². The number of hydrogen-bond donors (Lipinski definition) is 3. The number of rotatable bonds is 7. The van der Waals surface area contributed by atoms with Gasteiger partial charge in [-0.05, 0) is 56.6 Å². The maximum atomic E-state index is 14.3. The number of halogens is 3. The molecular weight excluding hydrogens is 531 g/mol. The summed E-state index contributed by atoms with van der Waals surface area (Å²) in [6.07, 6.45) is 10.3. The van der Waals surface area contributed by atoms with Crippen LogP contribution in [-0.2, 0) is 4.79 Å². The smallest absolute Gasteiger partial charge is 0.351 e. The fourth-order valence-electron chi connectivity index (χ4n) is 7.30. The van der Waals surface area contributed by atoms with Gasteiger partial charge in [0.1, 0.15) is 5.69 Å². The number of alkyl halides is 3. The number of amides is 2. The van der Waals surface area contributed by atoms with Crippen molar-refractivity contribution in [1.82, 2.24) is 25.5 Å². The molecule has 2 aromatic rings. The minimum Gasteiger partial charge on any atom is -0.351 e. The van der Waals surface area contributed by atoms with Crippen LogP contribution in [0.5, 0.6) is 0 Å². The zero-order chi connectivity index (χ0) is 28.9. The molecular formula is C31H44F3N5O2. The number of likely N-dealkylation sites (tertiary alicyclic amines) is 1. The Bertz CT molecular complexity index is 1130. The molecule has 2 atom stereocenters. The Hall–Kier alpha value is -2.62. The molecule has 2 saturated heterocycles. The number of piperidine rings is 2. The molecule has 4 heterocycles. The lowest BCUT2D eigenvalue weighted by Gasteiger charge is -2.48. The number of fused-ring (bicyclic) bond motifs is 1. The van der Waals surface area contributed by atoms with Crippen molar-refractivity contribution in [2.75, 3.05) is 26.2 Å². The molecule has 10 heteroatoms. The maximum Gasteiger partial charge on any atom is 0.392 e. The number of aromatic amines is 1. The average Bonchev–Trinajstić information content (AvgIpc) is 3.39. The number of pyridine rings is 1. The molecule has 3 fully saturated rings. The van der Waals surface area contributed by atoms with E-state index in [0.29, 0.717) is 31.2 Å². The van der Waals surface area contributed by atoms with Gasteiger partial charge in [-0.1, -0.05) is 44.9 Å². The summed E-state index contributed by atoms with van der Waals surface area (Å²) in [5, 5.41) is 7.32. The summed E-state index contributed by atoms with van der Waals surface area (Å²) >= 11 is 0. The molecule has 3 N–H and O–H groups in total. The summed E-state index contributed by atoms with van der Waals surface area (Å²) in [5.41, 5.74) is 0.921. The first-order chi connectivity index (χ1) is 19.7. The first-order valence-corrected chi connectivity index (χ1v) is 15.6.